The maximum atomic E-state index is 11.3. The Morgan fingerprint density at radius 1 is 1.38 bits per heavy atom. The highest BCUT2D eigenvalue weighted by atomic mass is 79.9. The summed E-state index contributed by atoms with van der Waals surface area (Å²) in [6, 6.07) is 9.13. The number of nitrogen functional groups attached to an aromatic ring is 1. The molecule has 0 unspecified atom stereocenters. The molecule has 2 aromatic rings. The Bertz CT molecular complexity index is 638. The molecule has 112 valence electrons. The van der Waals surface area contributed by atoms with E-state index in [-0.39, 0.29) is 12.4 Å². The molecule has 1 aromatic heterocycles. The molecule has 0 aliphatic rings. The van der Waals surface area contributed by atoms with Crippen LogP contribution in [0.4, 0.5) is 0 Å². The number of carbonyl (C=O) groups is 1. The first-order valence-electron chi connectivity index (χ1n) is 6.53. The largest absolute Gasteiger partial charge is 0.485 e. The quantitative estimate of drug-likeness (QED) is 0.491. The van der Waals surface area contributed by atoms with E-state index in [1.165, 1.54) is 0 Å². The standard InChI is InChI=1S/C15H17BrN2O3/c1-9(2)12-7-10(16)3-5-13(12)20-8-11-4-6-14(21-11)15(19)18-17/h3-7,9H,8,17H2,1-2H3,(H,18,19). The zero-order chi connectivity index (χ0) is 15.4. The van der Waals surface area contributed by atoms with Crippen LogP contribution in [0.25, 0.3) is 0 Å². The summed E-state index contributed by atoms with van der Waals surface area (Å²) in [4.78, 5) is 11.3. The second-order valence-corrected chi connectivity index (χ2v) is 5.78. The molecule has 0 bridgehead atoms. The van der Waals surface area contributed by atoms with E-state index in [9.17, 15) is 4.79 Å². The van der Waals surface area contributed by atoms with Crippen LogP contribution in [-0.2, 0) is 6.61 Å². The van der Waals surface area contributed by atoms with Gasteiger partial charge in [0.15, 0.2) is 5.76 Å². The predicted octanol–water partition coefficient (Wildman–Crippen LogP) is 3.35. The minimum atomic E-state index is -0.465. The van der Waals surface area contributed by atoms with Crippen LogP contribution in [0.3, 0.4) is 0 Å². The smallest absolute Gasteiger partial charge is 0.300 e. The first kappa shape index (κ1) is 15.6. The third-order valence-electron chi connectivity index (χ3n) is 2.98. The molecule has 6 heteroatoms. The Hall–Kier alpha value is -1.79. The number of benzene rings is 1. The van der Waals surface area contributed by atoms with Crippen LogP contribution in [0.1, 0.15) is 41.6 Å². The third kappa shape index (κ3) is 3.86. The Morgan fingerprint density at radius 3 is 2.81 bits per heavy atom. The number of nitrogens with two attached hydrogens (primary N) is 1. The van der Waals surface area contributed by atoms with Crippen molar-refractivity contribution in [3.8, 4) is 5.75 Å². The molecule has 21 heavy (non-hydrogen) atoms. The van der Waals surface area contributed by atoms with E-state index in [1.54, 1.807) is 12.1 Å². The normalized spacial score (nSPS) is 10.7. The molecule has 3 N–H and O–H groups in total. The lowest BCUT2D eigenvalue weighted by Crippen LogP contribution is -2.29. The van der Waals surface area contributed by atoms with Crippen molar-refractivity contribution in [1.29, 1.82) is 0 Å². The summed E-state index contributed by atoms with van der Waals surface area (Å²) >= 11 is 3.46. The van der Waals surface area contributed by atoms with Gasteiger partial charge in [-0.25, -0.2) is 5.84 Å². The highest BCUT2D eigenvalue weighted by Gasteiger charge is 2.12. The predicted molar refractivity (Wildman–Crippen MR) is 82.9 cm³/mol. The van der Waals surface area contributed by atoms with Gasteiger partial charge in [-0.2, -0.15) is 0 Å². The van der Waals surface area contributed by atoms with Gasteiger partial charge in [-0.3, -0.25) is 10.2 Å². The molecule has 2 rings (SSSR count). The topological polar surface area (TPSA) is 77.5 Å². The fourth-order valence-electron chi connectivity index (χ4n) is 1.90. The van der Waals surface area contributed by atoms with Crippen molar-refractivity contribution in [2.75, 3.05) is 0 Å². The Kier molecular flexibility index (Phi) is 5.03. The van der Waals surface area contributed by atoms with Gasteiger partial charge >= 0.3 is 5.91 Å². The molecule has 1 amide bonds. The van der Waals surface area contributed by atoms with Crippen LogP contribution in [0, 0.1) is 0 Å². The number of hydrogen-bond donors (Lipinski definition) is 2. The fraction of sp³-hybridized carbons (Fsp3) is 0.267. The van der Waals surface area contributed by atoms with Gasteiger partial charge in [0, 0.05) is 4.47 Å². The summed E-state index contributed by atoms with van der Waals surface area (Å²) in [5.41, 5.74) is 3.13. The van der Waals surface area contributed by atoms with Crippen LogP contribution in [0.5, 0.6) is 5.75 Å². The molecule has 0 radical (unpaired) electrons. The summed E-state index contributed by atoms with van der Waals surface area (Å²) < 4.78 is 12.2. The Balaban J connectivity index is 2.09. The van der Waals surface area contributed by atoms with Crippen molar-refractivity contribution in [3.63, 3.8) is 0 Å². The molecule has 0 fully saturated rings. The summed E-state index contributed by atoms with van der Waals surface area (Å²) in [5.74, 6) is 6.45. The van der Waals surface area contributed by atoms with Gasteiger partial charge in [0.05, 0.1) is 0 Å². The Morgan fingerprint density at radius 2 is 2.14 bits per heavy atom. The van der Waals surface area contributed by atoms with Crippen LogP contribution >= 0.6 is 15.9 Å². The molecule has 1 heterocycles. The van der Waals surface area contributed by atoms with Crippen LogP contribution < -0.4 is 16.0 Å². The molecule has 1 aromatic carbocycles. The van der Waals surface area contributed by atoms with Crippen molar-refractivity contribution >= 4 is 21.8 Å². The number of ether oxygens (including phenoxy) is 1. The summed E-state index contributed by atoms with van der Waals surface area (Å²) in [6.07, 6.45) is 0. The average molecular weight is 353 g/mol. The van der Waals surface area contributed by atoms with E-state index in [4.69, 9.17) is 15.0 Å². The van der Waals surface area contributed by atoms with Gasteiger partial charge in [-0.05, 0) is 41.8 Å². The van der Waals surface area contributed by atoms with E-state index in [0.717, 1.165) is 15.8 Å². The summed E-state index contributed by atoms with van der Waals surface area (Å²) in [7, 11) is 0. The molecule has 0 spiro atoms. The number of nitrogens with one attached hydrogen (secondary N) is 1. The van der Waals surface area contributed by atoms with Crippen molar-refractivity contribution in [3.05, 3.63) is 51.9 Å². The van der Waals surface area contributed by atoms with E-state index >= 15 is 0 Å². The van der Waals surface area contributed by atoms with E-state index in [0.29, 0.717) is 11.7 Å². The van der Waals surface area contributed by atoms with Gasteiger partial charge < -0.3 is 9.15 Å². The summed E-state index contributed by atoms with van der Waals surface area (Å²) in [5, 5.41) is 0. The fourth-order valence-corrected chi connectivity index (χ4v) is 2.28. The van der Waals surface area contributed by atoms with Crippen molar-refractivity contribution in [2.45, 2.75) is 26.4 Å². The van der Waals surface area contributed by atoms with E-state index in [1.807, 2.05) is 23.6 Å². The van der Waals surface area contributed by atoms with Gasteiger partial charge in [0.25, 0.3) is 0 Å². The highest BCUT2D eigenvalue weighted by molar-refractivity contribution is 9.10. The third-order valence-corrected chi connectivity index (χ3v) is 3.47. The lowest BCUT2D eigenvalue weighted by atomic mass is 10.0. The zero-order valence-corrected chi connectivity index (χ0v) is 13.4. The van der Waals surface area contributed by atoms with Crippen molar-refractivity contribution in [1.82, 2.24) is 5.43 Å². The van der Waals surface area contributed by atoms with Gasteiger partial charge in [-0.1, -0.05) is 29.8 Å². The SMILES string of the molecule is CC(C)c1cc(Br)ccc1OCc1ccc(C(=O)NN)o1. The number of halogens is 1. The first-order chi connectivity index (χ1) is 10.0. The van der Waals surface area contributed by atoms with Crippen LogP contribution in [-0.4, -0.2) is 5.91 Å². The van der Waals surface area contributed by atoms with E-state index in [2.05, 4.69) is 29.8 Å². The number of amides is 1. The number of furan rings is 1. The monoisotopic (exact) mass is 352 g/mol. The minimum absolute atomic E-state index is 0.163. The molecular formula is C15H17BrN2O3. The molecule has 0 saturated carbocycles. The zero-order valence-electron chi connectivity index (χ0n) is 11.9. The molecule has 0 aliphatic carbocycles. The minimum Gasteiger partial charge on any atom is -0.485 e. The second-order valence-electron chi connectivity index (χ2n) is 4.86. The summed E-state index contributed by atoms with van der Waals surface area (Å²) in [6.45, 7) is 4.45. The molecule has 5 nitrogen and oxygen atoms in total. The first-order valence-corrected chi connectivity index (χ1v) is 7.32. The van der Waals surface area contributed by atoms with Crippen LogP contribution in [0.2, 0.25) is 0 Å². The van der Waals surface area contributed by atoms with Gasteiger partial charge in [-0.15, -0.1) is 0 Å². The molecule has 0 aliphatic heterocycles. The Labute approximate surface area is 131 Å². The maximum absolute atomic E-state index is 11.3. The number of rotatable bonds is 5. The number of hydrogen-bond acceptors (Lipinski definition) is 4. The molecular weight excluding hydrogens is 336 g/mol. The number of hydrazine groups is 1. The average Bonchev–Trinajstić information content (AvgIpc) is 2.93. The lowest BCUT2D eigenvalue weighted by molar-refractivity contribution is 0.0922. The maximum Gasteiger partial charge on any atom is 0.300 e. The van der Waals surface area contributed by atoms with Crippen LogP contribution in [0.15, 0.2) is 39.2 Å². The molecule has 0 atom stereocenters. The number of carbonyl (C=O) groups excluding carboxylic acids is 1. The van der Waals surface area contributed by atoms with E-state index < -0.39 is 5.91 Å². The van der Waals surface area contributed by atoms with Gasteiger partial charge in [0.2, 0.25) is 0 Å². The van der Waals surface area contributed by atoms with Gasteiger partial charge in [0.1, 0.15) is 18.1 Å². The van der Waals surface area contributed by atoms with Crippen molar-refractivity contribution < 1.29 is 13.9 Å². The highest BCUT2D eigenvalue weighted by Crippen LogP contribution is 2.30. The van der Waals surface area contributed by atoms with Crippen molar-refractivity contribution in [2.24, 2.45) is 5.84 Å². The second kappa shape index (κ2) is 6.78. The lowest BCUT2D eigenvalue weighted by Gasteiger charge is -2.13. The molecule has 0 saturated heterocycles.